The first-order valence-corrected chi connectivity index (χ1v) is 8.43. The Labute approximate surface area is 125 Å². The molecule has 0 radical (unpaired) electrons. The zero-order valence-corrected chi connectivity index (χ0v) is 13.2. The van der Waals surface area contributed by atoms with Crippen LogP contribution in [0.15, 0.2) is 61.2 Å². The number of anilines is 1. The van der Waals surface area contributed by atoms with E-state index in [1.807, 2.05) is 18.2 Å². The summed E-state index contributed by atoms with van der Waals surface area (Å²) >= 11 is 0.325. The third-order valence-electron chi connectivity index (χ3n) is 3.25. The van der Waals surface area contributed by atoms with Gasteiger partial charge in [-0.3, -0.25) is 0 Å². The monoisotopic (exact) mass is 329 g/mol. The van der Waals surface area contributed by atoms with E-state index in [-0.39, 0.29) is 0 Å². The topological polar surface area (TPSA) is 15.9 Å². The van der Waals surface area contributed by atoms with Crippen molar-refractivity contribution in [1.29, 1.82) is 0 Å². The van der Waals surface area contributed by atoms with Gasteiger partial charge < -0.3 is 0 Å². The van der Waals surface area contributed by atoms with Gasteiger partial charge in [-0.2, -0.15) is 0 Å². The van der Waals surface area contributed by atoms with E-state index in [0.29, 0.717) is 14.5 Å². The van der Waals surface area contributed by atoms with Crippen LogP contribution in [-0.2, 0) is 6.54 Å². The molecular weight excluding hydrogens is 311 g/mol. The molecule has 2 nitrogen and oxygen atoms in total. The van der Waals surface area contributed by atoms with Crippen molar-refractivity contribution in [3.8, 4) is 0 Å². The molecule has 3 heteroatoms. The van der Waals surface area contributed by atoms with E-state index in [0.717, 1.165) is 17.9 Å². The quantitative estimate of drug-likeness (QED) is 0.574. The number of benzene rings is 2. The SMILES string of the molecule is C=C(Nc1ccccc1)c1[se]c2ccccc2[n+]1CC. The molecule has 1 aromatic heterocycles. The molecule has 0 amide bonds. The number of nitrogens with one attached hydrogen (secondary N) is 1. The van der Waals surface area contributed by atoms with Gasteiger partial charge in [0, 0.05) is 0 Å². The van der Waals surface area contributed by atoms with Crippen LogP contribution in [0, 0.1) is 0 Å². The van der Waals surface area contributed by atoms with E-state index in [1.165, 1.54) is 14.3 Å². The molecule has 0 fully saturated rings. The number of hydrogen-bond acceptors (Lipinski definition) is 1. The second kappa shape index (κ2) is 5.66. The Morgan fingerprint density at radius 1 is 1.10 bits per heavy atom. The summed E-state index contributed by atoms with van der Waals surface area (Å²) in [6.45, 7) is 7.40. The van der Waals surface area contributed by atoms with Crippen molar-refractivity contribution in [3.05, 3.63) is 65.7 Å². The molecule has 3 aromatic rings. The molecule has 0 bridgehead atoms. The predicted octanol–water partition coefficient (Wildman–Crippen LogP) is 3.29. The summed E-state index contributed by atoms with van der Waals surface area (Å²) in [5.74, 6) is 0. The maximum atomic E-state index is 4.24. The minimum atomic E-state index is 0.325. The molecule has 2 aromatic carbocycles. The fourth-order valence-electron chi connectivity index (χ4n) is 2.32. The van der Waals surface area contributed by atoms with Gasteiger partial charge in [-0.15, -0.1) is 0 Å². The number of rotatable bonds is 4. The molecule has 0 aliphatic rings. The minimum absolute atomic E-state index is 0.325. The van der Waals surface area contributed by atoms with Crippen molar-refractivity contribution in [2.75, 3.05) is 5.32 Å². The van der Waals surface area contributed by atoms with Crippen molar-refractivity contribution < 1.29 is 4.57 Å². The Morgan fingerprint density at radius 3 is 2.55 bits per heavy atom. The molecule has 0 aliphatic carbocycles. The van der Waals surface area contributed by atoms with E-state index >= 15 is 0 Å². The van der Waals surface area contributed by atoms with Crippen molar-refractivity contribution in [1.82, 2.24) is 0 Å². The van der Waals surface area contributed by atoms with Gasteiger partial charge in [0.05, 0.1) is 0 Å². The summed E-state index contributed by atoms with van der Waals surface area (Å²) in [6, 6.07) is 18.9. The van der Waals surface area contributed by atoms with Crippen LogP contribution in [0.2, 0.25) is 0 Å². The molecule has 1 N–H and O–H groups in total. The van der Waals surface area contributed by atoms with Crippen LogP contribution in [-0.4, -0.2) is 14.5 Å². The first-order valence-electron chi connectivity index (χ1n) is 6.72. The molecule has 20 heavy (non-hydrogen) atoms. The van der Waals surface area contributed by atoms with Crippen LogP contribution in [0.5, 0.6) is 0 Å². The van der Waals surface area contributed by atoms with E-state index in [1.54, 1.807) is 0 Å². The van der Waals surface area contributed by atoms with E-state index < -0.39 is 0 Å². The Balaban J connectivity index is 1.99. The Morgan fingerprint density at radius 2 is 1.80 bits per heavy atom. The van der Waals surface area contributed by atoms with Crippen LogP contribution in [0.4, 0.5) is 5.69 Å². The van der Waals surface area contributed by atoms with Crippen LogP contribution in [0.1, 0.15) is 11.5 Å². The van der Waals surface area contributed by atoms with Gasteiger partial charge in [0.15, 0.2) is 0 Å². The molecule has 1 heterocycles. The first-order chi connectivity index (χ1) is 9.79. The van der Waals surface area contributed by atoms with Crippen molar-refractivity contribution in [2.45, 2.75) is 13.5 Å². The van der Waals surface area contributed by atoms with Crippen LogP contribution in [0.3, 0.4) is 0 Å². The third-order valence-corrected chi connectivity index (χ3v) is 5.82. The van der Waals surface area contributed by atoms with Gasteiger partial charge in [0.2, 0.25) is 0 Å². The average molecular weight is 328 g/mol. The van der Waals surface area contributed by atoms with Gasteiger partial charge >= 0.3 is 125 Å². The average Bonchev–Trinajstić information content (AvgIpc) is 2.87. The molecule has 0 spiro atoms. The maximum absolute atomic E-state index is 4.24. The van der Waals surface area contributed by atoms with Gasteiger partial charge in [0.1, 0.15) is 0 Å². The number of para-hydroxylation sites is 2. The second-order valence-corrected chi connectivity index (χ2v) is 6.75. The van der Waals surface area contributed by atoms with Crippen molar-refractivity contribution >= 4 is 35.7 Å². The Kier molecular flexibility index (Phi) is 3.72. The van der Waals surface area contributed by atoms with Crippen LogP contribution < -0.4 is 9.88 Å². The van der Waals surface area contributed by atoms with Gasteiger partial charge in [-0.1, -0.05) is 0 Å². The van der Waals surface area contributed by atoms with Crippen molar-refractivity contribution in [3.63, 3.8) is 0 Å². The van der Waals surface area contributed by atoms with E-state index in [4.69, 9.17) is 0 Å². The summed E-state index contributed by atoms with van der Waals surface area (Å²) in [4.78, 5) is 0. The number of fused-ring (bicyclic) bond motifs is 1. The molecular formula is C17H17N2Se+. The van der Waals surface area contributed by atoms with Gasteiger partial charge in [-0.05, 0) is 0 Å². The summed E-state index contributed by atoms with van der Waals surface area (Å²) in [5.41, 5.74) is 3.43. The Hall–Kier alpha value is -1.83. The molecule has 0 saturated carbocycles. The van der Waals surface area contributed by atoms with Gasteiger partial charge in [0.25, 0.3) is 0 Å². The molecule has 3 rings (SSSR count). The fraction of sp³-hybridized carbons (Fsp3) is 0.118. The molecule has 0 saturated heterocycles. The zero-order chi connectivity index (χ0) is 13.9. The molecule has 0 atom stereocenters. The number of aromatic nitrogens is 1. The summed E-state index contributed by atoms with van der Waals surface area (Å²) < 4.78 is 5.13. The van der Waals surface area contributed by atoms with Crippen LogP contribution >= 0.6 is 0 Å². The summed E-state index contributed by atoms with van der Waals surface area (Å²) in [5, 5.41) is 3.43. The van der Waals surface area contributed by atoms with Gasteiger partial charge in [-0.25, -0.2) is 0 Å². The third kappa shape index (κ3) is 2.43. The number of nitrogens with zero attached hydrogens (tertiary/aromatic N) is 1. The second-order valence-electron chi connectivity index (χ2n) is 4.59. The molecule has 0 aliphatic heterocycles. The predicted molar refractivity (Wildman–Crippen MR) is 85.9 cm³/mol. The van der Waals surface area contributed by atoms with E-state index in [9.17, 15) is 0 Å². The fourth-order valence-corrected chi connectivity index (χ4v) is 4.73. The summed E-state index contributed by atoms with van der Waals surface area (Å²) in [7, 11) is 0. The van der Waals surface area contributed by atoms with Crippen molar-refractivity contribution in [2.24, 2.45) is 0 Å². The van der Waals surface area contributed by atoms with Crippen LogP contribution in [0.25, 0.3) is 15.5 Å². The number of aryl methyl sites for hydroxylation is 1. The normalized spacial score (nSPS) is 10.7. The zero-order valence-electron chi connectivity index (χ0n) is 11.5. The molecule has 100 valence electrons. The molecule has 0 unspecified atom stereocenters. The van der Waals surface area contributed by atoms with E-state index in [2.05, 4.69) is 59.8 Å². The standard InChI is InChI=1S/C17H17N2Se/c1-3-19-15-11-7-8-12-16(15)20-17(19)13(2)18-14-9-5-4-6-10-14/h4-12,18H,2-3H2,1H3/q+1. The number of hydrogen-bond donors (Lipinski definition) is 1. The Bertz CT molecular complexity index is 744. The first kappa shape index (κ1) is 13.2. The summed E-state index contributed by atoms with van der Waals surface area (Å²) in [6.07, 6.45) is 0.